The van der Waals surface area contributed by atoms with Crippen molar-refractivity contribution in [1.29, 1.82) is 0 Å². The molecular weight excluding hydrogens is 452 g/mol. The van der Waals surface area contributed by atoms with Crippen molar-refractivity contribution < 1.29 is 22.7 Å². The van der Waals surface area contributed by atoms with E-state index in [4.69, 9.17) is 21.1 Å². The zero-order valence-electron chi connectivity index (χ0n) is 17.5. The molecule has 0 aliphatic carbocycles. The van der Waals surface area contributed by atoms with Crippen molar-refractivity contribution in [3.05, 3.63) is 77.8 Å². The van der Waals surface area contributed by atoms with Crippen LogP contribution in [0, 0.1) is 0 Å². The number of anilines is 1. The van der Waals surface area contributed by atoms with E-state index in [1.807, 2.05) is 18.2 Å². The molecule has 0 saturated carbocycles. The van der Waals surface area contributed by atoms with Crippen LogP contribution in [0.5, 0.6) is 17.2 Å². The molecule has 7 nitrogen and oxygen atoms in total. The Bertz CT molecular complexity index is 1170. The number of halogens is 1. The molecule has 1 amide bonds. The Hall–Kier alpha value is -3.07. The number of ether oxygens (including phenoxy) is 2. The van der Waals surface area contributed by atoms with E-state index >= 15 is 0 Å². The van der Waals surface area contributed by atoms with Crippen molar-refractivity contribution >= 4 is 33.2 Å². The topological polar surface area (TPSA) is 93.7 Å². The first kappa shape index (κ1) is 23.6. The van der Waals surface area contributed by atoms with Crippen molar-refractivity contribution in [1.82, 2.24) is 4.72 Å². The second-order valence-electron chi connectivity index (χ2n) is 7.14. The Morgan fingerprint density at radius 2 is 1.66 bits per heavy atom. The smallest absolute Gasteiger partial charge is 0.262 e. The van der Waals surface area contributed by atoms with Gasteiger partial charge in [0, 0.05) is 11.1 Å². The van der Waals surface area contributed by atoms with Crippen LogP contribution in [-0.4, -0.2) is 27.0 Å². The fourth-order valence-electron chi connectivity index (χ4n) is 2.73. The molecule has 0 radical (unpaired) electrons. The Labute approximate surface area is 192 Å². The Kier molecular flexibility index (Phi) is 7.74. The Balaban J connectivity index is 1.62. The third kappa shape index (κ3) is 6.71. The number of benzene rings is 3. The van der Waals surface area contributed by atoms with E-state index < -0.39 is 15.9 Å². The van der Waals surface area contributed by atoms with Gasteiger partial charge >= 0.3 is 0 Å². The van der Waals surface area contributed by atoms with Gasteiger partial charge in [0.05, 0.1) is 10.6 Å². The van der Waals surface area contributed by atoms with E-state index in [0.29, 0.717) is 28.0 Å². The molecule has 3 rings (SSSR count). The monoisotopic (exact) mass is 474 g/mol. The summed E-state index contributed by atoms with van der Waals surface area (Å²) in [5.41, 5.74) is 0.399. The highest BCUT2D eigenvalue weighted by atomic mass is 35.5. The van der Waals surface area contributed by atoms with Gasteiger partial charge in [0.25, 0.3) is 5.91 Å². The van der Waals surface area contributed by atoms with Crippen LogP contribution in [-0.2, 0) is 14.8 Å². The number of hydrogen-bond donors (Lipinski definition) is 2. The summed E-state index contributed by atoms with van der Waals surface area (Å²) in [4.78, 5) is 12.5. The van der Waals surface area contributed by atoms with Crippen LogP contribution in [0.15, 0.2) is 77.7 Å². The Morgan fingerprint density at radius 1 is 0.969 bits per heavy atom. The molecule has 0 spiro atoms. The lowest BCUT2D eigenvalue weighted by molar-refractivity contribution is -0.118. The minimum Gasteiger partial charge on any atom is -0.484 e. The predicted molar refractivity (Wildman–Crippen MR) is 124 cm³/mol. The lowest BCUT2D eigenvalue weighted by Crippen LogP contribution is -2.30. The molecule has 2 N–H and O–H groups in total. The summed E-state index contributed by atoms with van der Waals surface area (Å²) in [5.74, 6) is 0.976. The van der Waals surface area contributed by atoms with Crippen LogP contribution in [0.1, 0.15) is 13.8 Å². The quantitative estimate of drug-likeness (QED) is 0.463. The number of para-hydroxylation sites is 1. The summed E-state index contributed by atoms with van der Waals surface area (Å²) < 4.78 is 38.2. The highest BCUT2D eigenvalue weighted by Crippen LogP contribution is 2.32. The molecule has 0 heterocycles. The van der Waals surface area contributed by atoms with Gasteiger partial charge in [-0.1, -0.05) is 29.8 Å². The number of carbonyl (C=O) groups is 1. The van der Waals surface area contributed by atoms with Gasteiger partial charge in [-0.05, 0) is 68.4 Å². The molecule has 9 heteroatoms. The maximum Gasteiger partial charge on any atom is 0.262 e. The number of sulfonamides is 1. The summed E-state index contributed by atoms with van der Waals surface area (Å²) in [6.07, 6.45) is 0. The van der Waals surface area contributed by atoms with Crippen LogP contribution in [0.2, 0.25) is 5.02 Å². The molecule has 3 aromatic carbocycles. The second-order valence-corrected chi connectivity index (χ2v) is 9.29. The Morgan fingerprint density at radius 3 is 2.31 bits per heavy atom. The summed E-state index contributed by atoms with van der Waals surface area (Å²) >= 11 is 6.07. The highest BCUT2D eigenvalue weighted by Gasteiger charge is 2.15. The number of nitrogens with one attached hydrogen (secondary N) is 2. The zero-order valence-corrected chi connectivity index (χ0v) is 19.1. The maximum atomic E-state index is 12.4. The van der Waals surface area contributed by atoms with Crippen LogP contribution < -0.4 is 19.5 Å². The van der Waals surface area contributed by atoms with Gasteiger partial charge in [0.1, 0.15) is 11.5 Å². The lowest BCUT2D eigenvalue weighted by Gasteiger charge is -2.13. The summed E-state index contributed by atoms with van der Waals surface area (Å²) in [5, 5.41) is 3.16. The molecule has 32 heavy (non-hydrogen) atoms. The lowest BCUT2D eigenvalue weighted by atomic mass is 10.2. The van der Waals surface area contributed by atoms with E-state index in [2.05, 4.69) is 10.0 Å². The van der Waals surface area contributed by atoms with Gasteiger partial charge in [-0.3, -0.25) is 4.79 Å². The van der Waals surface area contributed by atoms with Gasteiger partial charge in [-0.25, -0.2) is 13.1 Å². The number of rotatable bonds is 9. The average molecular weight is 475 g/mol. The summed E-state index contributed by atoms with van der Waals surface area (Å²) in [7, 11) is -3.59. The third-order valence-corrected chi connectivity index (χ3v) is 5.99. The molecular formula is C23H23ClN2O5S. The van der Waals surface area contributed by atoms with E-state index in [0.717, 1.165) is 0 Å². The first-order chi connectivity index (χ1) is 15.2. The molecule has 0 aliphatic heterocycles. The van der Waals surface area contributed by atoms with E-state index in [1.165, 1.54) is 24.3 Å². The maximum absolute atomic E-state index is 12.4. The minimum atomic E-state index is -3.59. The van der Waals surface area contributed by atoms with Gasteiger partial charge in [-0.15, -0.1) is 0 Å². The molecule has 0 saturated heterocycles. The van der Waals surface area contributed by atoms with Crippen LogP contribution in [0.3, 0.4) is 0 Å². The molecule has 0 atom stereocenters. The fourth-order valence-corrected chi connectivity index (χ4v) is 4.16. The van der Waals surface area contributed by atoms with Crippen molar-refractivity contribution in [2.45, 2.75) is 24.8 Å². The van der Waals surface area contributed by atoms with Crippen molar-refractivity contribution in [3.63, 3.8) is 0 Å². The summed E-state index contributed by atoms with van der Waals surface area (Å²) in [6, 6.07) is 19.6. The van der Waals surface area contributed by atoms with Crippen molar-refractivity contribution in [3.8, 4) is 17.2 Å². The molecule has 3 aromatic rings. The zero-order chi connectivity index (χ0) is 23.1. The fraction of sp³-hybridized carbons (Fsp3) is 0.174. The average Bonchev–Trinajstić information content (AvgIpc) is 2.74. The molecule has 0 fully saturated rings. The first-order valence-electron chi connectivity index (χ1n) is 9.80. The van der Waals surface area contributed by atoms with E-state index in [-0.39, 0.29) is 17.5 Å². The third-order valence-electron chi connectivity index (χ3n) is 4.08. The van der Waals surface area contributed by atoms with Crippen molar-refractivity contribution in [2.24, 2.45) is 0 Å². The van der Waals surface area contributed by atoms with Crippen molar-refractivity contribution in [2.75, 3.05) is 11.9 Å². The molecule has 0 aromatic heterocycles. The van der Waals surface area contributed by atoms with Crippen LogP contribution >= 0.6 is 11.6 Å². The first-order valence-corrected chi connectivity index (χ1v) is 11.7. The molecule has 168 valence electrons. The number of amides is 1. The standard InChI is InChI=1S/C23H23ClN2O5S/c1-16(2)26-32(28,29)20-11-9-18(10-12-20)30-15-23(27)25-21-14-17(24)8-13-22(21)31-19-6-4-3-5-7-19/h3-14,16,26H,15H2,1-2H3,(H,25,27). The van der Waals surface area contributed by atoms with E-state index in [9.17, 15) is 13.2 Å². The number of carbonyl (C=O) groups excluding carboxylic acids is 1. The minimum absolute atomic E-state index is 0.115. The van der Waals surface area contributed by atoms with Gasteiger partial charge in [-0.2, -0.15) is 0 Å². The molecule has 0 aliphatic rings. The normalized spacial score (nSPS) is 11.2. The van der Waals surface area contributed by atoms with Gasteiger partial charge in [0.15, 0.2) is 12.4 Å². The van der Waals surface area contributed by atoms with Crippen LogP contribution in [0.4, 0.5) is 5.69 Å². The SMILES string of the molecule is CC(C)NS(=O)(=O)c1ccc(OCC(=O)Nc2cc(Cl)ccc2Oc2ccccc2)cc1. The van der Waals surface area contributed by atoms with Gasteiger partial charge in [0.2, 0.25) is 10.0 Å². The highest BCUT2D eigenvalue weighted by molar-refractivity contribution is 7.89. The second kappa shape index (κ2) is 10.5. The van der Waals surface area contributed by atoms with Gasteiger partial charge < -0.3 is 14.8 Å². The molecule has 0 bridgehead atoms. The number of hydrogen-bond acceptors (Lipinski definition) is 5. The predicted octanol–water partition coefficient (Wildman–Crippen LogP) is 4.84. The molecule has 0 unspecified atom stereocenters. The summed E-state index contributed by atoms with van der Waals surface area (Å²) in [6.45, 7) is 3.20. The van der Waals surface area contributed by atoms with Crippen LogP contribution in [0.25, 0.3) is 0 Å². The largest absolute Gasteiger partial charge is 0.484 e. The van der Waals surface area contributed by atoms with E-state index in [1.54, 1.807) is 44.2 Å².